The van der Waals surface area contributed by atoms with E-state index in [1.165, 1.54) is 6.47 Å². The Hall–Kier alpha value is -0.206. The van der Waals surface area contributed by atoms with Crippen molar-refractivity contribution >= 4 is 6.47 Å². The third kappa shape index (κ3) is 4.28. The van der Waals surface area contributed by atoms with Gasteiger partial charge in [-0.2, -0.15) is 0 Å². The van der Waals surface area contributed by atoms with Crippen LogP contribution in [0.2, 0.25) is 0 Å². The Bertz CT molecular complexity index is 199. The van der Waals surface area contributed by atoms with Crippen molar-refractivity contribution in [3.63, 3.8) is 0 Å². The van der Waals surface area contributed by atoms with Gasteiger partial charge >= 0.3 is 0 Å². The first-order chi connectivity index (χ1) is 4.93. The van der Waals surface area contributed by atoms with Crippen LogP contribution in [-0.2, 0) is 48.8 Å². The molecule has 0 fully saturated rings. The fourth-order valence-electron chi connectivity index (χ4n) is 0.687. The molecule has 55 valence electrons. The third-order valence-corrected chi connectivity index (χ3v) is 1.14. The molecule has 0 saturated heterocycles. The Kier molecular flexibility index (Phi) is 6.38. The first kappa shape index (κ1) is 10.8. The standard InChI is InChI=1S/C8H7O2.Y/c9-7-10-6-8-4-2-1-3-5-8;/h1-5H,6H2;/q-1;. The molecular weight excluding hydrogens is 217 g/mol. The second-order valence-electron chi connectivity index (χ2n) is 1.86. The van der Waals surface area contributed by atoms with Gasteiger partial charge in [0.1, 0.15) is 0 Å². The summed E-state index contributed by atoms with van der Waals surface area (Å²) in [6.07, 6.45) is 0. The number of benzene rings is 1. The zero-order valence-corrected chi connectivity index (χ0v) is 8.83. The molecule has 11 heavy (non-hydrogen) atoms. The summed E-state index contributed by atoms with van der Waals surface area (Å²) in [5.41, 5.74) is 0.978. The van der Waals surface area contributed by atoms with E-state index < -0.39 is 0 Å². The van der Waals surface area contributed by atoms with Crippen LogP contribution in [0.4, 0.5) is 0 Å². The monoisotopic (exact) mass is 224 g/mol. The van der Waals surface area contributed by atoms with E-state index >= 15 is 0 Å². The zero-order valence-electron chi connectivity index (χ0n) is 5.99. The average Bonchev–Trinajstić information content (AvgIpc) is 2.03. The predicted octanol–water partition coefficient (Wildman–Crippen LogP) is 1.27. The van der Waals surface area contributed by atoms with E-state index in [9.17, 15) is 4.79 Å². The van der Waals surface area contributed by atoms with Crippen LogP contribution in [0, 0.1) is 0 Å². The van der Waals surface area contributed by atoms with E-state index in [2.05, 4.69) is 4.74 Å². The number of hydrogen-bond donors (Lipinski definition) is 0. The summed E-state index contributed by atoms with van der Waals surface area (Å²) < 4.78 is 4.41. The van der Waals surface area contributed by atoms with Crippen molar-refractivity contribution in [2.45, 2.75) is 6.61 Å². The minimum atomic E-state index is 0. The van der Waals surface area contributed by atoms with E-state index in [0.717, 1.165) is 5.56 Å². The van der Waals surface area contributed by atoms with Gasteiger partial charge < -0.3 is 9.53 Å². The topological polar surface area (TPSA) is 26.3 Å². The maximum atomic E-state index is 9.63. The molecule has 0 heterocycles. The van der Waals surface area contributed by atoms with Gasteiger partial charge in [0.05, 0.1) is 6.61 Å². The Balaban J connectivity index is 0.000001000. The fourth-order valence-corrected chi connectivity index (χ4v) is 0.687. The van der Waals surface area contributed by atoms with Crippen LogP contribution >= 0.6 is 0 Å². The molecule has 0 N–H and O–H groups in total. The molecule has 1 rings (SSSR count). The van der Waals surface area contributed by atoms with Crippen LogP contribution in [0.5, 0.6) is 0 Å². The van der Waals surface area contributed by atoms with Crippen molar-refractivity contribution in [1.29, 1.82) is 0 Å². The summed E-state index contributed by atoms with van der Waals surface area (Å²) in [5.74, 6) is 0. The Labute approximate surface area is 90.8 Å². The van der Waals surface area contributed by atoms with Crippen molar-refractivity contribution in [1.82, 2.24) is 0 Å². The van der Waals surface area contributed by atoms with Gasteiger partial charge in [0, 0.05) is 32.7 Å². The first-order valence-electron chi connectivity index (χ1n) is 2.96. The van der Waals surface area contributed by atoms with Gasteiger partial charge in [0.2, 0.25) is 0 Å². The molecule has 1 aromatic rings. The molecule has 0 aliphatic heterocycles. The van der Waals surface area contributed by atoms with Crippen molar-refractivity contribution in [3.05, 3.63) is 35.9 Å². The van der Waals surface area contributed by atoms with Gasteiger partial charge in [-0.1, -0.05) is 36.8 Å². The van der Waals surface area contributed by atoms with Crippen molar-refractivity contribution in [2.75, 3.05) is 0 Å². The SMILES string of the molecule is O=[C-]OCc1ccccc1.[Y]. The van der Waals surface area contributed by atoms with Crippen molar-refractivity contribution in [2.24, 2.45) is 0 Å². The molecule has 0 amide bonds. The predicted molar refractivity (Wildman–Crippen MR) is 36.9 cm³/mol. The van der Waals surface area contributed by atoms with Gasteiger partial charge in [0.15, 0.2) is 0 Å². The van der Waals surface area contributed by atoms with Crippen LogP contribution in [0.1, 0.15) is 5.56 Å². The number of hydrogen-bond acceptors (Lipinski definition) is 2. The van der Waals surface area contributed by atoms with Gasteiger partial charge in [-0.25, -0.2) is 0 Å². The number of rotatable bonds is 3. The summed E-state index contributed by atoms with van der Waals surface area (Å²) >= 11 is 0. The van der Waals surface area contributed by atoms with E-state index in [-0.39, 0.29) is 32.7 Å². The van der Waals surface area contributed by atoms with Crippen LogP contribution in [-0.4, -0.2) is 6.47 Å². The van der Waals surface area contributed by atoms with Crippen LogP contribution in [0.3, 0.4) is 0 Å². The molecule has 0 atom stereocenters. The fraction of sp³-hybridized carbons (Fsp3) is 0.125. The molecule has 0 aliphatic carbocycles. The molecule has 0 aromatic heterocycles. The van der Waals surface area contributed by atoms with Crippen LogP contribution < -0.4 is 0 Å². The second kappa shape index (κ2) is 6.50. The summed E-state index contributed by atoms with van der Waals surface area (Å²) in [7, 11) is 0. The molecule has 3 heteroatoms. The molecule has 1 aromatic carbocycles. The molecular formula is C8H7O2Y-. The van der Waals surface area contributed by atoms with Crippen molar-refractivity contribution in [3.8, 4) is 0 Å². The minimum Gasteiger partial charge on any atom is -0.650 e. The Morgan fingerprint density at radius 3 is 2.45 bits per heavy atom. The molecule has 0 bridgehead atoms. The normalized spacial score (nSPS) is 8.00. The summed E-state index contributed by atoms with van der Waals surface area (Å²) in [6, 6.07) is 9.47. The number of carbonyl (C=O) groups excluding carboxylic acids is 1. The minimum absolute atomic E-state index is 0. The second-order valence-corrected chi connectivity index (χ2v) is 1.86. The average molecular weight is 224 g/mol. The van der Waals surface area contributed by atoms with Gasteiger partial charge in [-0.3, -0.25) is 0 Å². The molecule has 0 saturated carbocycles. The van der Waals surface area contributed by atoms with Crippen molar-refractivity contribution < 1.29 is 42.2 Å². The summed E-state index contributed by atoms with van der Waals surface area (Å²) in [5, 5.41) is 0. The van der Waals surface area contributed by atoms with E-state index in [1.54, 1.807) is 0 Å². The van der Waals surface area contributed by atoms with E-state index in [1.807, 2.05) is 30.3 Å². The first-order valence-corrected chi connectivity index (χ1v) is 2.96. The Morgan fingerprint density at radius 1 is 1.27 bits per heavy atom. The van der Waals surface area contributed by atoms with Crippen LogP contribution in [0.25, 0.3) is 0 Å². The Morgan fingerprint density at radius 2 is 1.91 bits per heavy atom. The molecule has 0 spiro atoms. The largest absolute Gasteiger partial charge is 0.650 e. The molecule has 2 nitrogen and oxygen atoms in total. The summed E-state index contributed by atoms with van der Waals surface area (Å²) in [4.78, 5) is 9.63. The maximum absolute atomic E-state index is 9.63. The van der Waals surface area contributed by atoms with Crippen LogP contribution in [0.15, 0.2) is 30.3 Å². The smallest absolute Gasteiger partial charge is 0.0745 e. The molecule has 0 aliphatic rings. The van der Waals surface area contributed by atoms with Gasteiger partial charge in [-0.15, -0.1) is 0 Å². The number of ether oxygens (including phenoxy) is 1. The quantitative estimate of drug-likeness (QED) is 0.722. The van der Waals surface area contributed by atoms with E-state index in [0.29, 0.717) is 6.61 Å². The van der Waals surface area contributed by atoms with E-state index in [4.69, 9.17) is 0 Å². The third-order valence-electron chi connectivity index (χ3n) is 1.14. The zero-order chi connectivity index (χ0) is 7.23. The van der Waals surface area contributed by atoms with Gasteiger partial charge in [0.25, 0.3) is 0 Å². The molecule has 1 radical (unpaired) electrons. The summed E-state index contributed by atoms with van der Waals surface area (Å²) in [6.45, 7) is 1.68. The van der Waals surface area contributed by atoms with Gasteiger partial charge in [-0.05, 0) is 5.56 Å². The molecule has 0 unspecified atom stereocenters. The maximum Gasteiger partial charge on any atom is 0.0745 e.